The fourth-order valence-corrected chi connectivity index (χ4v) is 2.41. The zero-order valence-electron chi connectivity index (χ0n) is 11.7. The molecule has 0 aliphatic carbocycles. The van der Waals surface area contributed by atoms with Crippen molar-refractivity contribution in [1.29, 1.82) is 0 Å². The van der Waals surface area contributed by atoms with Crippen molar-refractivity contribution in [3.05, 3.63) is 0 Å². The number of nitrogens with zero attached hydrogens (tertiary/aromatic N) is 1. The molecule has 0 radical (unpaired) electrons. The monoisotopic (exact) mass is 255 g/mol. The van der Waals surface area contributed by atoms with Crippen molar-refractivity contribution in [2.24, 2.45) is 5.92 Å². The zero-order valence-corrected chi connectivity index (χ0v) is 11.7. The average molecular weight is 255 g/mol. The molecule has 2 unspecified atom stereocenters. The largest absolute Gasteiger partial charge is 0.358 e. The van der Waals surface area contributed by atoms with Gasteiger partial charge in [0.2, 0.25) is 11.8 Å². The van der Waals surface area contributed by atoms with Crippen LogP contribution < -0.4 is 10.6 Å². The second-order valence-corrected chi connectivity index (χ2v) is 4.92. The predicted octanol–water partition coefficient (Wildman–Crippen LogP) is 0.359. The van der Waals surface area contributed by atoms with Crippen LogP contribution in [-0.4, -0.2) is 49.4 Å². The Kier molecular flexibility index (Phi) is 6.12. The summed E-state index contributed by atoms with van der Waals surface area (Å²) in [6.45, 7) is 5.87. The summed E-state index contributed by atoms with van der Waals surface area (Å²) in [4.78, 5) is 25.6. The van der Waals surface area contributed by atoms with Crippen LogP contribution >= 0.6 is 0 Å². The van der Waals surface area contributed by atoms with Crippen LogP contribution in [0.25, 0.3) is 0 Å². The number of amides is 2. The third-order valence-corrected chi connectivity index (χ3v) is 3.50. The number of nitrogens with one attached hydrogen (secondary N) is 2. The van der Waals surface area contributed by atoms with Gasteiger partial charge in [-0.25, -0.2) is 0 Å². The minimum absolute atomic E-state index is 0.00922. The molecule has 1 fully saturated rings. The molecule has 0 aromatic heterocycles. The smallest absolute Gasteiger partial charge is 0.239 e. The molecule has 18 heavy (non-hydrogen) atoms. The Balaban J connectivity index is 2.65. The Bertz CT molecular complexity index is 294. The summed E-state index contributed by atoms with van der Waals surface area (Å²) in [5.41, 5.74) is 0. The molecule has 1 saturated heterocycles. The molecule has 5 nitrogen and oxygen atoms in total. The SMILES string of the molecule is CCCN(CC(=O)NC)C(=O)C1CCCNC1C. The lowest BCUT2D eigenvalue weighted by Crippen LogP contribution is -2.50. The maximum absolute atomic E-state index is 12.5. The molecule has 0 spiro atoms. The van der Waals surface area contributed by atoms with Crippen LogP contribution in [0.3, 0.4) is 0 Å². The lowest BCUT2D eigenvalue weighted by atomic mass is 9.90. The molecule has 0 saturated carbocycles. The number of hydrogen-bond acceptors (Lipinski definition) is 3. The summed E-state index contributed by atoms with van der Waals surface area (Å²) < 4.78 is 0. The first-order chi connectivity index (χ1) is 8.60. The molecule has 2 N–H and O–H groups in total. The molecule has 2 amide bonds. The summed E-state index contributed by atoms with van der Waals surface area (Å²) >= 11 is 0. The van der Waals surface area contributed by atoms with Gasteiger partial charge in [-0.3, -0.25) is 9.59 Å². The second-order valence-electron chi connectivity index (χ2n) is 4.92. The van der Waals surface area contributed by atoms with Crippen LogP contribution in [0.1, 0.15) is 33.1 Å². The van der Waals surface area contributed by atoms with Crippen LogP contribution in [0, 0.1) is 5.92 Å². The van der Waals surface area contributed by atoms with E-state index in [0.29, 0.717) is 6.54 Å². The lowest BCUT2D eigenvalue weighted by Gasteiger charge is -2.33. The fourth-order valence-electron chi connectivity index (χ4n) is 2.41. The number of carbonyl (C=O) groups excluding carboxylic acids is 2. The van der Waals surface area contributed by atoms with Crippen molar-refractivity contribution in [1.82, 2.24) is 15.5 Å². The van der Waals surface area contributed by atoms with E-state index >= 15 is 0 Å². The number of likely N-dealkylation sites (N-methyl/N-ethyl adjacent to an activating group) is 1. The predicted molar refractivity (Wildman–Crippen MR) is 71.1 cm³/mol. The molecule has 2 atom stereocenters. The van der Waals surface area contributed by atoms with Gasteiger partial charge in [0.15, 0.2) is 0 Å². The molecule has 0 aromatic carbocycles. The molecule has 1 heterocycles. The third kappa shape index (κ3) is 3.98. The van der Waals surface area contributed by atoms with Gasteiger partial charge in [-0.1, -0.05) is 6.92 Å². The standard InChI is InChI=1S/C13H25N3O2/c1-4-8-16(9-12(17)14-3)13(18)11-6-5-7-15-10(11)2/h10-11,15H,4-9H2,1-3H3,(H,14,17). The van der Waals surface area contributed by atoms with Crippen LogP contribution in [0.5, 0.6) is 0 Å². The van der Waals surface area contributed by atoms with Crippen LogP contribution in [-0.2, 0) is 9.59 Å². The summed E-state index contributed by atoms with van der Waals surface area (Å²) in [6.07, 6.45) is 2.82. The van der Waals surface area contributed by atoms with Crippen molar-refractivity contribution in [3.8, 4) is 0 Å². The van der Waals surface area contributed by atoms with E-state index in [-0.39, 0.29) is 30.3 Å². The minimum atomic E-state index is -0.103. The van der Waals surface area contributed by atoms with E-state index in [2.05, 4.69) is 10.6 Å². The van der Waals surface area contributed by atoms with Gasteiger partial charge in [0.1, 0.15) is 0 Å². The molecule has 104 valence electrons. The zero-order chi connectivity index (χ0) is 13.5. The van der Waals surface area contributed by atoms with E-state index in [9.17, 15) is 9.59 Å². The highest BCUT2D eigenvalue weighted by Gasteiger charge is 2.31. The first-order valence-corrected chi connectivity index (χ1v) is 6.82. The normalized spacial score (nSPS) is 23.5. The van der Waals surface area contributed by atoms with Crippen molar-refractivity contribution in [2.75, 3.05) is 26.7 Å². The Morgan fingerprint density at radius 1 is 1.44 bits per heavy atom. The van der Waals surface area contributed by atoms with E-state index in [1.54, 1.807) is 11.9 Å². The van der Waals surface area contributed by atoms with Crippen molar-refractivity contribution >= 4 is 11.8 Å². The molecular formula is C13H25N3O2. The number of rotatable bonds is 5. The molecule has 0 bridgehead atoms. The number of carbonyl (C=O) groups is 2. The van der Waals surface area contributed by atoms with Gasteiger partial charge in [0.05, 0.1) is 12.5 Å². The van der Waals surface area contributed by atoms with Gasteiger partial charge in [0, 0.05) is 19.6 Å². The topological polar surface area (TPSA) is 61.4 Å². The van der Waals surface area contributed by atoms with E-state index in [4.69, 9.17) is 0 Å². The van der Waals surface area contributed by atoms with Crippen molar-refractivity contribution in [3.63, 3.8) is 0 Å². The summed E-state index contributed by atoms with van der Waals surface area (Å²) in [5, 5.41) is 5.90. The van der Waals surface area contributed by atoms with Gasteiger partial charge in [-0.2, -0.15) is 0 Å². The Morgan fingerprint density at radius 3 is 2.72 bits per heavy atom. The van der Waals surface area contributed by atoms with Gasteiger partial charge < -0.3 is 15.5 Å². The van der Waals surface area contributed by atoms with Crippen LogP contribution in [0.4, 0.5) is 0 Å². The van der Waals surface area contributed by atoms with E-state index in [0.717, 1.165) is 25.8 Å². The Labute approximate surface area is 109 Å². The minimum Gasteiger partial charge on any atom is -0.358 e. The molecule has 5 heteroatoms. The molecule has 0 aromatic rings. The first-order valence-electron chi connectivity index (χ1n) is 6.82. The number of hydrogen-bond donors (Lipinski definition) is 2. The summed E-state index contributed by atoms with van der Waals surface area (Å²) in [5.74, 6) is 0.0170. The highest BCUT2D eigenvalue weighted by Crippen LogP contribution is 2.19. The van der Waals surface area contributed by atoms with Gasteiger partial charge in [-0.05, 0) is 32.7 Å². The highest BCUT2D eigenvalue weighted by atomic mass is 16.2. The van der Waals surface area contributed by atoms with Gasteiger partial charge in [-0.15, -0.1) is 0 Å². The van der Waals surface area contributed by atoms with E-state index in [1.807, 2.05) is 13.8 Å². The third-order valence-electron chi connectivity index (χ3n) is 3.50. The molecule has 1 rings (SSSR count). The van der Waals surface area contributed by atoms with Crippen molar-refractivity contribution in [2.45, 2.75) is 39.2 Å². The fraction of sp³-hybridized carbons (Fsp3) is 0.846. The summed E-state index contributed by atoms with van der Waals surface area (Å²) in [6, 6.07) is 0.204. The van der Waals surface area contributed by atoms with Crippen LogP contribution in [0.15, 0.2) is 0 Å². The molecule has 1 aliphatic heterocycles. The first kappa shape index (κ1) is 15.0. The van der Waals surface area contributed by atoms with Crippen LogP contribution in [0.2, 0.25) is 0 Å². The van der Waals surface area contributed by atoms with Gasteiger partial charge in [0.25, 0.3) is 0 Å². The highest BCUT2D eigenvalue weighted by molar-refractivity contribution is 5.86. The average Bonchev–Trinajstić information content (AvgIpc) is 2.38. The maximum Gasteiger partial charge on any atom is 0.239 e. The molecule has 1 aliphatic rings. The Morgan fingerprint density at radius 2 is 2.17 bits per heavy atom. The van der Waals surface area contributed by atoms with Crippen molar-refractivity contribution < 1.29 is 9.59 Å². The van der Waals surface area contributed by atoms with Gasteiger partial charge >= 0.3 is 0 Å². The second kappa shape index (κ2) is 7.36. The summed E-state index contributed by atoms with van der Waals surface area (Å²) in [7, 11) is 1.60. The van der Waals surface area contributed by atoms with E-state index in [1.165, 1.54) is 0 Å². The lowest BCUT2D eigenvalue weighted by molar-refractivity contribution is -0.140. The maximum atomic E-state index is 12.5. The van der Waals surface area contributed by atoms with E-state index < -0.39 is 0 Å². The Hall–Kier alpha value is -1.10. The quantitative estimate of drug-likeness (QED) is 0.745. The molecular weight excluding hydrogens is 230 g/mol. The number of piperidine rings is 1.